The number of ether oxygens (including phenoxy) is 3. The van der Waals surface area contributed by atoms with Gasteiger partial charge in [-0.3, -0.25) is 4.79 Å². The number of carbonyl (C=O) groups excluding carboxylic acids is 1. The number of thioether (sulfide) groups is 1. The molecule has 0 aliphatic carbocycles. The summed E-state index contributed by atoms with van der Waals surface area (Å²) in [5.41, 5.74) is 2.45. The summed E-state index contributed by atoms with van der Waals surface area (Å²) in [6.45, 7) is 1.98. The molecule has 0 fully saturated rings. The lowest BCUT2D eigenvalue weighted by Gasteiger charge is -2.12. The van der Waals surface area contributed by atoms with Crippen LogP contribution in [0, 0.1) is 6.92 Å². The Kier molecular flexibility index (Phi) is 6.26. The van der Waals surface area contributed by atoms with E-state index in [1.807, 2.05) is 25.1 Å². The number of aryl methyl sites for hydroxylation is 1. The highest BCUT2D eigenvalue weighted by atomic mass is 32.2. The molecule has 3 rings (SSSR count). The first kappa shape index (κ1) is 19.8. The van der Waals surface area contributed by atoms with E-state index >= 15 is 0 Å². The highest BCUT2D eigenvalue weighted by Crippen LogP contribution is 2.30. The van der Waals surface area contributed by atoms with Crippen molar-refractivity contribution in [2.45, 2.75) is 11.9 Å². The standard InChI is InChI=1S/C21H22N2O4S/c1-13-9-14-10-15(25-2)5-7-17(14)23-21(13)28-12-20(24)22-18-11-16(26-3)6-8-19(18)27-4/h5-11H,12H2,1-4H3,(H,22,24). The molecule has 3 aromatic rings. The molecule has 7 heteroatoms. The fraction of sp³-hybridized carbons (Fsp3) is 0.238. The van der Waals surface area contributed by atoms with Gasteiger partial charge in [0.15, 0.2) is 0 Å². The number of methoxy groups -OCH3 is 3. The van der Waals surface area contributed by atoms with Crippen LogP contribution in [0.2, 0.25) is 0 Å². The second-order valence-corrected chi connectivity index (χ2v) is 7.04. The molecule has 1 heterocycles. The third-order valence-electron chi connectivity index (χ3n) is 4.19. The quantitative estimate of drug-likeness (QED) is 0.599. The number of fused-ring (bicyclic) bond motifs is 1. The Balaban J connectivity index is 1.72. The van der Waals surface area contributed by atoms with Gasteiger partial charge >= 0.3 is 0 Å². The Labute approximate surface area is 168 Å². The third-order valence-corrected chi connectivity index (χ3v) is 5.28. The molecule has 0 saturated carbocycles. The second kappa shape index (κ2) is 8.84. The average molecular weight is 398 g/mol. The molecule has 0 bridgehead atoms. The van der Waals surface area contributed by atoms with Crippen LogP contribution in [-0.2, 0) is 4.79 Å². The SMILES string of the molecule is COc1ccc(OC)c(NC(=O)CSc2nc3ccc(OC)cc3cc2C)c1. The van der Waals surface area contributed by atoms with E-state index in [9.17, 15) is 4.79 Å². The molecule has 0 radical (unpaired) electrons. The van der Waals surface area contributed by atoms with E-state index < -0.39 is 0 Å². The molecule has 0 aliphatic heterocycles. The van der Waals surface area contributed by atoms with E-state index in [0.29, 0.717) is 17.2 Å². The first-order valence-electron chi connectivity index (χ1n) is 8.64. The molecule has 146 valence electrons. The lowest BCUT2D eigenvalue weighted by molar-refractivity contribution is -0.113. The summed E-state index contributed by atoms with van der Waals surface area (Å²) in [4.78, 5) is 17.1. The van der Waals surface area contributed by atoms with Crippen molar-refractivity contribution >= 4 is 34.3 Å². The lowest BCUT2D eigenvalue weighted by Crippen LogP contribution is -2.15. The summed E-state index contributed by atoms with van der Waals surface area (Å²) >= 11 is 1.40. The van der Waals surface area contributed by atoms with Crippen LogP contribution in [-0.4, -0.2) is 38.0 Å². The summed E-state index contributed by atoms with van der Waals surface area (Å²) in [5, 5.41) is 4.70. The van der Waals surface area contributed by atoms with E-state index in [2.05, 4.69) is 16.4 Å². The second-order valence-electron chi connectivity index (χ2n) is 6.07. The number of aromatic nitrogens is 1. The minimum atomic E-state index is -0.146. The van der Waals surface area contributed by atoms with Crippen molar-refractivity contribution in [1.29, 1.82) is 0 Å². The molecule has 0 atom stereocenters. The molecule has 2 aromatic carbocycles. The molecule has 1 N–H and O–H groups in total. The minimum absolute atomic E-state index is 0.146. The van der Waals surface area contributed by atoms with Crippen LogP contribution in [0.4, 0.5) is 5.69 Å². The van der Waals surface area contributed by atoms with E-state index in [-0.39, 0.29) is 11.7 Å². The predicted molar refractivity (Wildman–Crippen MR) is 112 cm³/mol. The molecule has 1 amide bonds. The monoisotopic (exact) mass is 398 g/mol. The van der Waals surface area contributed by atoms with Gasteiger partial charge in [0, 0.05) is 11.5 Å². The molecule has 0 spiro atoms. The Hall–Kier alpha value is -2.93. The summed E-state index contributed by atoms with van der Waals surface area (Å²) in [6.07, 6.45) is 0. The van der Waals surface area contributed by atoms with E-state index in [1.165, 1.54) is 11.8 Å². The zero-order valence-corrected chi connectivity index (χ0v) is 17.1. The van der Waals surface area contributed by atoms with Gasteiger partial charge in [0.1, 0.15) is 22.3 Å². The number of amides is 1. The molecule has 1 aromatic heterocycles. The molecule has 0 aliphatic rings. The third kappa shape index (κ3) is 4.48. The molecule has 6 nitrogen and oxygen atoms in total. The highest BCUT2D eigenvalue weighted by molar-refractivity contribution is 8.00. The number of hydrogen-bond acceptors (Lipinski definition) is 6. The topological polar surface area (TPSA) is 69.7 Å². The summed E-state index contributed by atoms with van der Waals surface area (Å²) < 4.78 is 15.8. The van der Waals surface area contributed by atoms with E-state index in [0.717, 1.165) is 27.2 Å². The van der Waals surface area contributed by atoms with Crippen molar-refractivity contribution in [3.8, 4) is 17.2 Å². The number of nitrogens with one attached hydrogen (secondary N) is 1. The van der Waals surface area contributed by atoms with Gasteiger partial charge in [0.2, 0.25) is 5.91 Å². The van der Waals surface area contributed by atoms with Gasteiger partial charge in [0.05, 0.1) is 38.3 Å². The highest BCUT2D eigenvalue weighted by Gasteiger charge is 2.12. The van der Waals surface area contributed by atoms with Crippen LogP contribution < -0.4 is 19.5 Å². The fourth-order valence-corrected chi connectivity index (χ4v) is 3.54. The van der Waals surface area contributed by atoms with Crippen molar-refractivity contribution in [3.63, 3.8) is 0 Å². The maximum absolute atomic E-state index is 12.4. The molecular weight excluding hydrogens is 376 g/mol. The van der Waals surface area contributed by atoms with Crippen molar-refractivity contribution in [2.75, 3.05) is 32.4 Å². The van der Waals surface area contributed by atoms with Gasteiger partial charge in [-0.1, -0.05) is 11.8 Å². The smallest absolute Gasteiger partial charge is 0.234 e. The first-order valence-corrected chi connectivity index (χ1v) is 9.62. The Morgan fingerprint density at radius 1 is 1.00 bits per heavy atom. The van der Waals surface area contributed by atoms with Crippen molar-refractivity contribution < 1.29 is 19.0 Å². The number of pyridine rings is 1. The van der Waals surface area contributed by atoms with Crippen molar-refractivity contribution in [3.05, 3.63) is 48.0 Å². The van der Waals surface area contributed by atoms with Crippen LogP contribution in [0.5, 0.6) is 17.2 Å². The summed E-state index contributed by atoms with van der Waals surface area (Å²) in [6, 6.07) is 13.1. The fourth-order valence-electron chi connectivity index (χ4n) is 2.75. The van der Waals surface area contributed by atoms with Crippen molar-refractivity contribution in [2.24, 2.45) is 0 Å². The maximum atomic E-state index is 12.4. The maximum Gasteiger partial charge on any atom is 0.234 e. The normalized spacial score (nSPS) is 10.6. The van der Waals surface area contributed by atoms with Gasteiger partial charge in [-0.25, -0.2) is 4.98 Å². The molecule has 0 unspecified atom stereocenters. The molecular formula is C21H22N2O4S. The zero-order chi connectivity index (χ0) is 20.1. The largest absolute Gasteiger partial charge is 0.497 e. The average Bonchev–Trinajstić information content (AvgIpc) is 2.71. The number of carbonyl (C=O) groups is 1. The predicted octanol–water partition coefficient (Wildman–Crippen LogP) is 4.30. The van der Waals surface area contributed by atoms with E-state index in [1.54, 1.807) is 39.5 Å². The molecule has 28 heavy (non-hydrogen) atoms. The first-order chi connectivity index (χ1) is 13.5. The van der Waals surface area contributed by atoms with Gasteiger partial charge in [0.25, 0.3) is 0 Å². The Bertz CT molecular complexity index is 1010. The van der Waals surface area contributed by atoms with Crippen LogP contribution in [0.1, 0.15) is 5.56 Å². The minimum Gasteiger partial charge on any atom is -0.497 e. The Morgan fingerprint density at radius 3 is 2.43 bits per heavy atom. The van der Waals surface area contributed by atoms with Gasteiger partial charge < -0.3 is 19.5 Å². The zero-order valence-electron chi connectivity index (χ0n) is 16.2. The van der Waals surface area contributed by atoms with Gasteiger partial charge in [-0.05, 0) is 48.9 Å². The molecule has 0 saturated heterocycles. The summed E-state index contributed by atoms with van der Waals surface area (Å²) in [5.74, 6) is 2.10. The number of nitrogens with zero attached hydrogens (tertiary/aromatic N) is 1. The van der Waals surface area contributed by atoms with Crippen LogP contribution >= 0.6 is 11.8 Å². The lowest BCUT2D eigenvalue weighted by atomic mass is 10.1. The van der Waals surface area contributed by atoms with Crippen LogP contribution in [0.25, 0.3) is 10.9 Å². The number of hydrogen-bond donors (Lipinski definition) is 1. The van der Waals surface area contributed by atoms with E-state index in [4.69, 9.17) is 14.2 Å². The number of anilines is 1. The number of rotatable bonds is 7. The Morgan fingerprint density at radius 2 is 1.71 bits per heavy atom. The van der Waals surface area contributed by atoms with Gasteiger partial charge in [-0.15, -0.1) is 0 Å². The van der Waals surface area contributed by atoms with Crippen LogP contribution in [0.3, 0.4) is 0 Å². The number of benzene rings is 2. The van der Waals surface area contributed by atoms with Crippen molar-refractivity contribution in [1.82, 2.24) is 4.98 Å². The summed E-state index contributed by atoms with van der Waals surface area (Å²) in [7, 11) is 4.78. The van der Waals surface area contributed by atoms with Crippen LogP contribution in [0.15, 0.2) is 47.5 Å². The van der Waals surface area contributed by atoms with Gasteiger partial charge in [-0.2, -0.15) is 0 Å².